The summed E-state index contributed by atoms with van der Waals surface area (Å²) in [4.78, 5) is 23.5. The monoisotopic (exact) mass is 395 g/mol. The molecule has 2 aromatic rings. The molecule has 0 aliphatic carbocycles. The molecule has 27 heavy (non-hydrogen) atoms. The van der Waals surface area contributed by atoms with E-state index >= 15 is 0 Å². The van der Waals surface area contributed by atoms with Crippen LogP contribution in [0.1, 0.15) is 17.3 Å². The highest BCUT2D eigenvalue weighted by molar-refractivity contribution is 7.92. The van der Waals surface area contributed by atoms with E-state index in [2.05, 4.69) is 4.74 Å². The molecule has 144 valence electrons. The minimum atomic E-state index is -4.22. The van der Waals surface area contributed by atoms with Gasteiger partial charge < -0.3 is 9.47 Å². The van der Waals surface area contributed by atoms with E-state index < -0.39 is 34.3 Å². The third kappa shape index (κ3) is 4.82. The largest absolute Gasteiger partial charge is 0.468 e. The quantitative estimate of drug-likeness (QED) is 0.669. The molecule has 0 saturated carbocycles. The Morgan fingerprint density at radius 2 is 1.78 bits per heavy atom. The van der Waals surface area contributed by atoms with Gasteiger partial charge in [0.2, 0.25) is 0 Å². The molecular weight excluding hydrogens is 377 g/mol. The van der Waals surface area contributed by atoms with E-state index in [1.54, 1.807) is 6.92 Å². The van der Waals surface area contributed by atoms with Crippen molar-refractivity contribution in [2.75, 3.05) is 24.6 Å². The van der Waals surface area contributed by atoms with E-state index in [0.717, 1.165) is 35.7 Å². The number of methoxy groups -OCH3 is 1. The topological polar surface area (TPSA) is 90.0 Å². The van der Waals surface area contributed by atoms with Crippen molar-refractivity contribution in [3.8, 4) is 0 Å². The number of carbonyl (C=O) groups excluding carboxylic acids is 2. The summed E-state index contributed by atoms with van der Waals surface area (Å²) in [6.07, 6.45) is 0. The number of esters is 2. The first-order valence-electron chi connectivity index (χ1n) is 7.92. The summed E-state index contributed by atoms with van der Waals surface area (Å²) in [7, 11) is -3.09. The van der Waals surface area contributed by atoms with Crippen LogP contribution < -0.4 is 4.31 Å². The Bertz CT molecular complexity index is 927. The van der Waals surface area contributed by atoms with E-state index in [4.69, 9.17) is 4.74 Å². The smallest absolute Gasteiger partial charge is 0.338 e. The lowest BCUT2D eigenvalue weighted by atomic mass is 10.2. The number of hydrogen-bond acceptors (Lipinski definition) is 6. The zero-order valence-electron chi connectivity index (χ0n) is 14.7. The number of carbonyl (C=O) groups is 2. The molecule has 0 bridgehead atoms. The van der Waals surface area contributed by atoms with E-state index in [0.29, 0.717) is 0 Å². The van der Waals surface area contributed by atoms with Crippen LogP contribution in [-0.2, 0) is 24.3 Å². The zero-order chi connectivity index (χ0) is 20.0. The number of rotatable bonds is 7. The van der Waals surface area contributed by atoms with Crippen LogP contribution in [0.5, 0.6) is 0 Å². The lowest BCUT2D eigenvalue weighted by molar-refractivity contribution is -0.138. The summed E-state index contributed by atoms with van der Waals surface area (Å²) in [5.74, 6) is -2.03. The van der Waals surface area contributed by atoms with Crippen LogP contribution in [0.15, 0.2) is 53.4 Å². The lowest BCUT2D eigenvalue weighted by Crippen LogP contribution is -2.36. The van der Waals surface area contributed by atoms with E-state index in [-0.39, 0.29) is 22.8 Å². The second-order valence-corrected chi connectivity index (χ2v) is 7.17. The van der Waals surface area contributed by atoms with Crippen LogP contribution in [0.25, 0.3) is 0 Å². The van der Waals surface area contributed by atoms with Crippen LogP contribution in [0.2, 0.25) is 0 Å². The van der Waals surface area contributed by atoms with Crippen molar-refractivity contribution in [3.63, 3.8) is 0 Å². The molecule has 0 spiro atoms. The summed E-state index contributed by atoms with van der Waals surface area (Å²) < 4.78 is 49.4. The average molecular weight is 395 g/mol. The molecule has 0 heterocycles. The molecule has 2 rings (SSSR count). The molecule has 7 nitrogen and oxygen atoms in total. The van der Waals surface area contributed by atoms with Gasteiger partial charge in [-0.05, 0) is 49.4 Å². The number of sulfonamides is 1. The third-order valence-corrected chi connectivity index (χ3v) is 5.34. The Morgan fingerprint density at radius 3 is 2.37 bits per heavy atom. The number of hydrogen-bond donors (Lipinski definition) is 0. The van der Waals surface area contributed by atoms with Gasteiger partial charge in [-0.15, -0.1) is 0 Å². The Balaban J connectivity index is 2.52. The molecule has 0 fully saturated rings. The van der Waals surface area contributed by atoms with Crippen LogP contribution in [0, 0.1) is 5.82 Å². The first-order chi connectivity index (χ1) is 12.8. The number of benzene rings is 2. The van der Waals surface area contributed by atoms with Crippen molar-refractivity contribution in [1.29, 1.82) is 0 Å². The van der Waals surface area contributed by atoms with Crippen molar-refractivity contribution in [2.45, 2.75) is 11.8 Å². The van der Waals surface area contributed by atoms with Gasteiger partial charge in [0.1, 0.15) is 12.4 Å². The van der Waals surface area contributed by atoms with Crippen LogP contribution in [-0.4, -0.2) is 40.6 Å². The van der Waals surface area contributed by atoms with E-state index in [9.17, 15) is 22.4 Å². The minimum absolute atomic E-state index is 0.0651. The molecule has 0 aliphatic heterocycles. The fourth-order valence-electron chi connectivity index (χ4n) is 2.23. The number of anilines is 1. The van der Waals surface area contributed by atoms with Crippen molar-refractivity contribution in [3.05, 3.63) is 59.9 Å². The summed E-state index contributed by atoms with van der Waals surface area (Å²) in [6, 6.07) is 9.81. The molecule has 0 unspecified atom stereocenters. The highest BCUT2D eigenvalue weighted by Gasteiger charge is 2.28. The Labute approximate surface area is 156 Å². The summed E-state index contributed by atoms with van der Waals surface area (Å²) in [5.41, 5.74) is 0.189. The van der Waals surface area contributed by atoms with E-state index in [1.807, 2.05) is 0 Å². The normalized spacial score (nSPS) is 10.9. The SMILES string of the molecule is CCOC(=O)c1cccc(N(CC(=O)OC)S(=O)(=O)c2ccc(F)cc2)c1. The highest BCUT2D eigenvalue weighted by Crippen LogP contribution is 2.25. The summed E-state index contributed by atoms with van der Waals surface area (Å²) in [5, 5.41) is 0. The summed E-state index contributed by atoms with van der Waals surface area (Å²) in [6.45, 7) is 1.18. The minimum Gasteiger partial charge on any atom is -0.468 e. The second kappa shape index (κ2) is 8.63. The van der Waals surface area contributed by atoms with Crippen molar-refractivity contribution in [2.24, 2.45) is 0 Å². The maximum absolute atomic E-state index is 13.1. The van der Waals surface area contributed by atoms with Gasteiger partial charge >= 0.3 is 11.9 Å². The number of ether oxygens (including phenoxy) is 2. The highest BCUT2D eigenvalue weighted by atomic mass is 32.2. The molecule has 0 radical (unpaired) electrons. The lowest BCUT2D eigenvalue weighted by Gasteiger charge is -2.23. The maximum Gasteiger partial charge on any atom is 0.338 e. The van der Waals surface area contributed by atoms with E-state index in [1.165, 1.54) is 24.3 Å². The van der Waals surface area contributed by atoms with Crippen LogP contribution in [0.4, 0.5) is 10.1 Å². The average Bonchev–Trinajstić information content (AvgIpc) is 2.66. The fraction of sp³-hybridized carbons (Fsp3) is 0.222. The van der Waals surface area contributed by atoms with Crippen LogP contribution in [0.3, 0.4) is 0 Å². The van der Waals surface area contributed by atoms with Gasteiger partial charge in [-0.3, -0.25) is 9.10 Å². The van der Waals surface area contributed by atoms with Gasteiger partial charge in [0.05, 0.1) is 29.9 Å². The molecule has 0 aromatic heterocycles. The first kappa shape index (κ1) is 20.4. The molecule has 0 N–H and O–H groups in total. The number of halogens is 1. The molecular formula is C18H18FNO6S. The Morgan fingerprint density at radius 1 is 1.11 bits per heavy atom. The molecule has 0 aliphatic rings. The molecule has 9 heteroatoms. The Hall–Kier alpha value is -2.94. The molecule has 2 aromatic carbocycles. The second-order valence-electron chi connectivity index (χ2n) is 5.31. The third-order valence-electron chi connectivity index (χ3n) is 3.55. The van der Waals surface area contributed by atoms with Gasteiger partial charge in [-0.1, -0.05) is 6.07 Å². The maximum atomic E-state index is 13.1. The number of nitrogens with zero attached hydrogens (tertiary/aromatic N) is 1. The summed E-state index contributed by atoms with van der Waals surface area (Å²) >= 11 is 0. The first-order valence-corrected chi connectivity index (χ1v) is 9.36. The Kier molecular flexibility index (Phi) is 6.51. The van der Waals surface area contributed by atoms with Gasteiger partial charge in [0, 0.05) is 0 Å². The predicted octanol–water partition coefficient (Wildman–Crippen LogP) is 2.37. The van der Waals surface area contributed by atoms with Crippen LogP contribution >= 0.6 is 0 Å². The van der Waals surface area contributed by atoms with Gasteiger partial charge in [0.15, 0.2) is 0 Å². The van der Waals surface area contributed by atoms with Gasteiger partial charge in [0.25, 0.3) is 10.0 Å². The van der Waals surface area contributed by atoms with Crippen molar-refractivity contribution < 1.29 is 31.9 Å². The molecule has 0 amide bonds. The van der Waals surface area contributed by atoms with Crippen molar-refractivity contribution >= 4 is 27.6 Å². The molecule has 0 saturated heterocycles. The predicted molar refractivity (Wildman–Crippen MR) is 95.3 cm³/mol. The molecule has 0 atom stereocenters. The fourth-order valence-corrected chi connectivity index (χ4v) is 3.63. The van der Waals surface area contributed by atoms with Gasteiger partial charge in [-0.25, -0.2) is 17.6 Å². The standard InChI is InChI=1S/C18H18FNO6S/c1-3-26-18(22)13-5-4-6-15(11-13)20(12-17(21)25-2)27(23,24)16-9-7-14(19)8-10-16/h4-11H,3,12H2,1-2H3. The van der Waals surface area contributed by atoms with Gasteiger partial charge in [-0.2, -0.15) is 0 Å². The van der Waals surface area contributed by atoms with Crippen molar-refractivity contribution in [1.82, 2.24) is 0 Å². The zero-order valence-corrected chi connectivity index (χ0v) is 15.5.